The van der Waals surface area contributed by atoms with Crippen molar-refractivity contribution >= 4 is 16.7 Å². The molecule has 1 fully saturated rings. The van der Waals surface area contributed by atoms with Gasteiger partial charge >= 0.3 is 0 Å². The maximum atomic E-state index is 5.91. The van der Waals surface area contributed by atoms with Crippen molar-refractivity contribution < 1.29 is 0 Å². The van der Waals surface area contributed by atoms with Crippen LogP contribution in [0.4, 0.5) is 5.69 Å². The number of aryl methyl sites for hydroxylation is 1. The molecule has 1 saturated carbocycles. The summed E-state index contributed by atoms with van der Waals surface area (Å²) in [5.74, 6) is 2.18. The van der Waals surface area contributed by atoms with Gasteiger partial charge in [-0.1, -0.05) is 26.7 Å². The van der Waals surface area contributed by atoms with E-state index in [0.717, 1.165) is 30.0 Å². The second-order valence-corrected chi connectivity index (χ2v) is 6.14. The third-order valence-corrected chi connectivity index (χ3v) is 4.40. The maximum absolute atomic E-state index is 5.91. The number of rotatable bonds is 6. The monoisotopic (exact) mass is 271 g/mol. The number of nitrogens with zero attached hydrogens (tertiary/aromatic N) is 2. The Balaban J connectivity index is 2.06. The van der Waals surface area contributed by atoms with Gasteiger partial charge in [-0.15, -0.1) is 0 Å². The van der Waals surface area contributed by atoms with Gasteiger partial charge in [0.2, 0.25) is 0 Å². The fraction of sp³-hybridized carbons (Fsp3) is 0.588. The van der Waals surface area contributed by atoms with Crippen LogP contribution in [0.15, 0.2) is 18.2 Å². The number of benzene rings is 1. The van der Waals surface area contributed by atoms with E-state index in [1.54, 1.807) is 0 Å². The molecule has 0 radical (unpaired) electrons. The van der Waals surface area contributed by atoms with Crippen LogP contribution in [0.2, 0.25) is 0 Å². The van der Waals surface area contributed by atoms with Crippen LogP contribution in [0.1, 0.15) is 57.8 Å². The Bertz CT molecular complexity index is 596. The van der Waals surface area contributed by atoms with E-state index in [1.165, 1.54) is 37.0 Å². The molecule has 20 heavy (non-hydrogen) atoms. The van der Waals surface area contributed by atoms with Gasteiger partial charge in [0.05, 0.1) is 11.0 Å². The Morgan fingerprint density at radius 2 is 2.15 bits per heavy atom. The van der Waals surface area contributed by atoms with Gasteiger partial charge in [-0.25, -0.2) is 4.98 Å². The Morgan fingerprint density at radius 1 is 1.35 bits per heavy atom. The second kappa shape index (κ2) is 5.47. The lowest BCUT2D eigenvalue weighted by Gasteiger charge is -2.20. The van der Waals surface area contributed by atoms with Gasteiger partial charge in [0.25, 0.3) is 0 Å². The number of hydrogen-bond donors (Lipinski definition) is 1. The van der Waals surface area contributed by atoms with Gasteiger partial charge in [-0.3, -0.25) is 0 Å². The molecule has 1 heterocycles. The highest BCUT2D eigenvalue weighted by molar-refractivity contribution is 5.79. The average Bonchev–Trinajstić information content (AvgIpc) is 3.18. The van der Waals surface area contributed by atoms with Crippen molar-refractivity contribution in [2.45, 2.75) is 58.4 Å². The molecule has 3 nitrogen and oxygen atoms in total. The fourth-order valence-electron chi connectivity index (χ4n) is 3.17. The maximum Gasteiger partial charge on any atom is 0.110 e. The Hall–Kier alpha value is -1.51. The standard InChI is InChI=1S/C17H25N3/c1-3-5-17-19-15-11-13(18)8-9-16(15)20(17)14(4-2)10-12-6-7-12/h8-9,11-12,14H,3-7,10,18H2,1-2H3. The summed E-state index contributed by atoms with van der Waals surface area (Å²) in [6.45, 7) is 4.52. The van der Waals surface area contributed by atoms with Crippen LogP contribution in [0.3, 0.4) is 0 Å². The van der Waals surface area contributed by atoms with Crippen molar-refractivity contribution in [1.82, 2.24) is 9.55 Å². The molecule has 1 aliphatic rings. The van der Waals surface area contributed by atoms with Crippen LogP contribution in [0, 0.1) is 5.92 Å². The Morgan fingerprint density at radius 3 is 2.80 bits per heavy atom. The highest BCUT2D eigenvalue weighted by atomic mass is 15.1. The zero-order valence-corrected chi connectivity index (χ0v) is 12.6. The Labute approximate surface area is 121 Å². The minimum atomic E-state index is 0.595. The minimum Gasteiger partial charge on any atom is -0.399 e. The summed E-state index contributed by atoms with van der Waals surface area (Å²) < 4.78 is 2.50. The molecule has 1 aromatic heterocycles. The first-order chi connectivity index (χ1) is 9.72. The van der Waals surface area contributed by atoms with Crippen molar-refractivity contribution in [3.8, 4) is 0 Å². The lowest BCUT2D eigenvalue weighted by atomic mass is 10.1. The van der Waals surface area contributed by atoms with E-state index in [-0.39, 0.29) is 0 Å². The van der Waals surface area contributed by atoms with Crippen LogP contribution in [-0.2, 0) is 6.42 Å². The van der Waals surface area contributed by atoms with Crippen LogP contribution in [0.5, 0.6) is 0 Å². The van der Waals surface area contributed by atoms with E-state index in [1.807, 2.05) is 12.1 Å². The number of aromatic nitrogens is 2. The van der Waals surface area contributed by atoms with E-state index in [0.29, 0.717) is 6.04 Å². The number of hydrogen-bond acceptors (Lipinski definition) is 2. The highest BCUT2D eigenvalue weighted by Crippen LogP contribution is 2.39. The molecule has 0 saturated heterocycles. The van der Waals surface area contributed by atoms with E-state index in [4.69, 9.17) is 10.7 Å². The fourth-order valence-corrected chi connectivity index (χ4v) is 3.17. The van der Waals surface area contributed by atoms with Crippen molar-refractivity contribution in [2.24, 2.45) is 5.92 Å². The zero-order valence-electron chi connectivity index (χ0n) is 12.6. The summed E-state index contributed by atoms with van der Waals surface area (Å²) in [5, 5.41) is 0. The van der Waals surface area contributed by atoms with Gasteiger partial charge < -0.3 is 10.3 Å². The van der Waals surface area contributed by atoms with Crippen LogP contribution in [0.25, 0.3) is 11.0 Å². The number of imidazole rings is 1. The topological polar surface area (TPSA) is 43.8 Å². The molecular weight excluding hydrogens is 246 g/mol. The van der Waals surface area contributed by atoms with Crippen molar-refractivity contribution in [3.63, 3.8) is 0 Å². The lowest BCUT2D eigenvalue weighted by molar-refractivity contribution is 0.424. The first kappa shape index (κ1) is 13.5. The predicted molar refractivity (Wildman–Crippen MR) is 84.8 cm³/mol. The summed E-state index contributed by atoms with van der Waals surface area (Å²) >= 11 is 0. The van der Waals surface area contributed by atoms with Crippen molar-refractivity contribution in [1.29, 1.82) is 0 Å². The van der Waals surface area contributed by atoms with Gasteiger partial charge in [-0.05, 0) is 43.4 Å². The molecular formula is C17H25N3. The molecule has 0 spiro atoms. The normalized spacial score (nSPS) is 16.7. The van der Waals surface area contributed by atoms with E-state index < -0.39 is 0 Å². The van der Waals surface area contributed by atoms with Crippen LogP contribution in [-0.4, -0.2) is 9.55 Å². The number of nitrogens with two attached hydrogens (primary N) is 1. The molecule has 3 rings (SSSR count). The first-order valence-electron chi connectivity index (χ1n) is 7.99. The van der Waals surface area contributed by atoms with E-state index >= 15 is 0 Å². The number of anilines is 1. The summed E-state index contributed by atoms with van der Waals surface area (Å²) in [5.41, 5.74) is 9.03. The first-order valence-corrected chi connectivity index (χ1v) is 7.99. The summed E-state index contributed by atoms with van der Waals surface area (Å²) in [6.07, 6.45) is 7.51. The average molecular weight is 271 g/mol. The molecule has 1 atom stereocenters. The Kier molecular flexibility index (Phi) is 3.68. The summed E-state index contributed by atoms with van der Waals surface area (Å²) in [4.78, 5) is 4.84. The molecule has 0 aliphatic heterocycles. The SMILES string of the molecule is CCCc1nc2cc(N)ccc2n1C(CC)CC1CC1. The molecule has 3 heteroatoms. The van der Waals surface area contributed by atoms with Crippen LogP contribution >= 0.6 is 0 Å². The van der Waals surface area contributed by atoms with Crippen LogP contribution < -0.4 is 5.73 Å². The molecule has 1 unspecified atom stereocenters. The molecule has 1 aliphatic carbocycles. The smallest absolute Gasteiger partial charge is 0.110 e. The number of nitrogen functional groups attached to an aromatic ring is 1. The molecule has 0 bridgehead atoms. The predicted octanol–water partition coefficient (Wildman–Crippen LogP) is 4.32. The van der Waals surface area contributed by atoms with Crippen molar-refractivity contribution in [2.75, 3.05) is 5.73 Å². The minimum absolute atomic E-state index is 0.595. The van der Waals surface area contributed by atoms with Crippen molar-refractivity contribution in [3.05, 3.63) is 24.0 Å². The van der Waals surface area contributed by atoms with E-state index in [9.17, 15) is 0 Å². The lowest BCUT2D eigenvalue weighted by Crippen LogP contribution is -2.12. The summed E-state index contributed by atoms with van der Waals surface area (Å²) in [7, 11) is 0. The third kappa shape index (κ3) is 2.54. The third-order valence-electron chi connectivity index (χ3n) is 4.40. The van der Waals surface area contributed by atoms with Gasteiger partial charge in [-0.2, -0.15) is 0 Å². The molecule has 108 valence electrons. The van der Waals surface area contributed by atoms with Gasteiger partial charge in [0, 0.05) is 18.2 Å². The molecule has 0 amide bonds. The number of fused-ring (bicyclic) bond motifs is 1. The van der Waals surface area contributed by atoms with Gasteiger partial charge in [0.15, 0.2) is 0 Å². The van der Waals surface area contributed by atoms with Gasteiger partial charge in [0.1, 0.15) is 5.82 Å². The quantitative estimate of drug-likeness (QED) is 0.795. The summed E-state index contributed by atoms with van der Waals surface area (Å²) in [6, 6.07) is 6.75. The highest BCUT2D eigenvalue weighted by Gasteiger charge is 2.27. The second-order valence-electron chi connectivity index (χ2n) is 6.14. The van der Waals surface area contributed by atoms with E-state index in [2.05, 4.69) is 24.5 Å². The zero-order chi connectivity index (χ0) is 14.1. The molecule has 2 N–H and O–H groups in total. The largest absolute Gasteiger partial charge is 0.399 e. The molecule has 2 aromatic rings. The molecule has 1 aromatic carbocycles.